The molecule has 22 heavy (non-hydrogen) atoms. The maximum atomic E-state index is 11.8. The van der Waals surface area contributed by atoms with Crippen molar-refractivity contribution in [2.45, 2.75) is 12.8 Å². The van der Waals surface area contributed by atoms with Crippen LogP contribution < -0.4 is 5.32 Å². The number of furan rings is 1. The predicted molar refractivity (Wildman–Crippen MR) is 74.3 cm³/mol. The molecule has 0 bridgehead atoms. The van der Waals surface area contributed by atoms with Gasteiger partial charge in [0.15, 0.2) is 10.4 Å². The molecule has 0 aromatic carbocycles. The van der Waals surface area contributed by atoms with Gasteiger partial charge >= 0.3 is 6.01 Å². The quantitative estimate of drug-likeness (QED) is 0.804. The number of rotatable bonds is 4. The molecule has 1 aliphatic rings. The van der Waals surface area contributed by atoms with Crippen molar-refractivity contribution < 1.29 is 23.2 Å². The molecule has 2 aromatic rings. The maximum Gasteiger partial charge on any atom is 0.322 e. The summed E-state index contributed by atoms with van der Waals surface area (Å²) in [5, 5.41) is 9.69. The normalized spacial score (nSPS) is 14.7. The van der Waals surface area contributed by atoms with Crippen molar-refractivity contribution in [3.63, 3.8) is 0 Å². The van der Waals surface area contributed by atoms with Crippen molar-refractivity contribution in [1.29, 1.82) is 0 Å². The van der Waals surface area contributed by atoms with Crippen LogP contribution in [0.15, 0.2) is 25.6 Å². The molecule has 3 rings (SSSR count). The number of imide groups is 1. The van der Waals surface area contributed by atoms with Crippen LogP contribution in [-0.4, -0.2) is 39.4 Å². The van der Waals surface area contributed by atoms with Crippen LogP contribution in [0.1, 0.15) is 12.8 Å². The molecule has 2 aromatic heterocycles. The van der Waals surface area contributed by atoms with Crippen molar-refractivity contribution >= 4 is 39.7 Å². The van der Waals surface area contributed by atoms with Gasteiger partial charge in [0.1, 0.15) is 6.54 Å². The Morgan fingerprint density at radius 3 is 2.59 bits per heavy atom. The van der Waals surface area contributed by atoms with Crippen molar-refractivity contribution in [2.24, 2.45) is 0 Å². The lowest BCUT2D eigenvalue weighted by Crippen LogP contribution is -2.36. The molecule has 0 radical (unpaired) electrons. The highest BCUT2D eigenvalue weighted by Gasteiger charge is 2.30. The second-order valence-corrected chi connectivity index (χ2v) is 5.22. The van der Waals surface area contributed by atoms with Gasteiger partial charge < -0.3 is 8.83 Å². The fourth-order valence-electron chi connectivity index (χ4n) is 1.90. The number of likely N-dealkylation sites (tertiary alicyclic amines) is 1. The van der Waals surface area contributed by atoms with Crippen molar-refractivity contribution in [1.82, 2.24) is 15.1 Å². The van der Waals surface area contributed by atoms with Gasteiger partial charge in [0.25, 0.3) is 5.89 Å². The summed E-state index contributed by atoms with van der Waals surface area (Å²) < 4.78 is 10.9. The third-order valence-corrected chi connectivity index (χ3v) is 3.34. The third kappa shape index (κ3) is 2.91. The number of carbonyl (C=O) groups is 3. The Bertz CT molecular complexity index is 736. The Morgan fingerprint density at radius 1 is 1.23 bits per heavy atom. The number of hydrogen-bond acceptors (Lipinski definition) is 7. The van der Waals surface area contributed by atoms with E-state index in [4.69, 9.17) is 8.83 Å². The number of nitrogens with one attached hydrogen (secondary N) is 1. The lowest BCUT2D eigenvalue weighted by molar-refractivity contribution is -0.141. The summed E-state index contributed by atoms with van der Waals surface area (Å²) in [4.78, 5) is 35.5. The summed E-state index contributed by atoms with van der Waals surface area (Å²) >= 11 is 3.14. The zero-order valence-electron chi connectivity index (χ0n) is 11.0. The van der Waals surface area contributed by atoms with Gasteiger partial charge in [-0.15, -0.1) is 5.10 Å². The summed E-state index contributed by atoms with van der Waals surface area (Å²) in [7, 11) is 0. The van der Waals surface area contributed by atoms with E-state index in [1.165, 1.54) is 0 Å². The molecule has 0 atom stereocenters. The summed E-state index contributed by atoms with van der Waals surface area (Å²) in [5.74, 6) is -0.905. The molecule has 1 aliphatic heterocycles. The average molecular weight is 369 g/mol. The first-order valence-corrected chi connectivity index (χ1v) is 7.04. The number of halogens is 1. The highest BCUT2D eigenvalue weighted by atomic mass is 79.9. The fraction of sp³-hybridized carbons (Fsp3) is 0.250. The number of amides is 3. The first kappa shape index (κ1) is 14.4. The van der Waals surface area contributed by atoms with E-state index in [1.54, 1.807) is 12.1 Å². The minimum absolute atomic E-state index is 0.0920. The SMILES string of the molecule is O=C(CN1C(=O)CCC1=O)Nc1nnc(-c2ccc(Br)o2)o1. The van der Waals surface area contributed by atoms with Gasteiger partial charge in [-0.05, 0) is 28.1 Å². The molecule has 1 fully saturated rings. The summed E-state index contributed by atoms with van der Waals surface area (Å²) in [6, 6.07) is 3.12. The van der Waals surface area contributed by atoms with E-state index in [1.807, 2.05) is 0 Å². The van der Waals surface area contributed by atoms with Gasteiger partial charge in [0.05, 0.1) is 0 Å². The molecule has 0 unspecified atom stereocenters. The van der Waals surface area contributed by atoms with Crippen molar-refractivity contribution in [3.8, 4) is 11.7 Å². The smallest absolute Gasteiger partial charge is 0.322 e. The molecule has 9 nitrogen and oxygen atoms in total. The molecule has 1 saturated heterocycles. The standard InChI is InChI=1S/C12H9BrN4O5/c13-7-2-1-6(21-7)11-15-16-12(22-11)14-8(18)5-17-9(19)3-4-10(17)20/h1-2H,3-5H2,(H,14,16,18). The molecule has 3 amide bonds. The molecule has 1 N–H and O–H groups in total. The highest BCUT2D eigenvalue weighted by molar-refractivity contribution is 9.10. The molecule has 0 aliphatic carbocycles. The zero-order valence-corrected chi connectivity index (χ0v) is 12.6. The average Bonchev–Trinajstić information content (AvgIpc) is 3.16. The van der Waals surface area contributed by atoms with E-state index in [0.29, 0.717) is 10.4 Å². The number of aromatic nitrogens is 2. The van der Waals surface area contributed by atoms with E-state index in [9.17, 15) is 14.4 Å². The van der Waals surface area contributed by atoms with Crippen LogP contribution in [0.5, 0.6) is 0 Å². The Balaban J connectivity index is 1.64. The van der Waals surface area contributed by atoms with Crippen molar-refractivity contribution in [3.05, 3.63) is 16.8 Å². The fourth-order valence-corrected chi connectivity index (χ4v) is 2.21. The molecule has 0 saturated carbocycles. The second kappa shape index (κ2) is 5.72. The van der Waals surface area contributed by atoms with Crippen LogP contribution in [0.25, 0.3) is 11.7 Å². The zero-order chi connectivity index (χ0) is 15.7. The van der Waals surface area contributed by atoms with Crippen LogP contribution in [0.3, 0.4) is 0 Å². The maximum absolute atomic E-state index is 11.8. The van der Waals surface area contributed by atoms with Gasteiger partial charge in [-0.3, -0.25) is 24.6 Å². The molecule has 3 heterocycles. The molecular formula is C12H9BrN4O5. The minimum atomic E-state index is -0.598. The topological polar surface area (TPSA) is 119 Å². The Labute approximate surface area is 131 Å². The van der Waals surface area contributed by atoms with Crippen LogP contribution in [0.4, 0.5) is 6.01 Å². The first-order chi connectivity index (χ1) is 10.5. The molecule has 114 valence electrons. The Morgan fingerprint density at radius 2 is 1.95 bits per heavy atom. The van der Waals surface area contributed by atoms with E-state index >= 15 is 0 Å². The van der Waals surface area contributed by atoms with Gasteiger partial charge in [-0.2, -0.15) is 0 Å². The van der Waals surface area contributed by atoms with E-state index in [-0.39, 0.29) is 43.1 Å². The number of carbonyl (C=O) groups excluding carboxylic acids is 3. The van der Waals surface area contributed by atoms with E-state index in [0.717, 1.165) is 4.90 Å². The molecule has 10 heteroatoms. The first-order valence-electron chi connectivity index (χ1n) is 6.25. The summed E-state index contributed by atoms with van der Waals surface area (Å²) in [5.41, 5.74) is 0. The van der Waals surface area contributed by atoms with Crippen LogP contribution >= 0.6 is 15.9 Å². The van der Waals surface area contributed by atoms with Gasteiger partial charge in [-0.1, -0.05) is 5.10 Å². The lowest BCUT2D eigenvalue weighted by atomic mass is 10.4. The van der Waals surface area contributed by atoms with E-state index in [2.05, 4.69) is 31.4 Å². The summed E-state index contributed by atoms with van der Waals surface area (Å²) in [6.07, 6.45) is 0.258. The Hall–Kier alpha value is -2.49. The lowest BCUT2D eigenvalue weighted by Gasteiger charge is -2.11. The summed E-state index contributed by atoms with van der Waals surface area (Å²) in [6.45, 7) is -0.373. The minimum Gasteiger partial charge on any atom is -0.444 e. The molecule has 0 spiro atoms. The predicted octanol–water partition coefficient (Wildman–Crippen LogP) is 1.18. The highest BCUT2D eigenvalue weighted by Crippen LogP contribution is 2.24. The van der Waals surface area contributed by atoms with Crippen molar-refractivity contribution in [2.75, 3.05) is 11.9 Å². The van der Waals surface area contributed by atoms with Crippen LogP contribution in [-0.2, 0) is 14.4 Å². The van der Waals surface area contributed by atoms with Gasteiger partial charge in [0.2, 0.25) is 17.7 Å². The second-order valence-electron chi connectivity index (χ2n) is 4.44. The van der Waals surface area contributed by atoms with Gasteiger partial charge in [-0.25, -0.2) is 0 Å². The number of anilines is 1. The van der Waals surface area contributed by atoms with Crippen LogP contribution in [0, 0.1) is 0 Å². The van der Waals surface area contributed by atoms with E-state index < -0.39 is 5.91 Å². The third-order valence-electron chi connectivity index (χ3n) is 2.91. The largest absolute Gasteiger partial charge is 0.444 e. The van der Waals surface area contributed by atoms with Crippen LogP contribution in [0.2, 0.25) is 0 Å². The molecular weight excluding hydrogens is 360 g/mol. The monoisotopic (exact) mass is 368 g/mol. The Kier molecular flexibility index (Phi) is 3.75. The number of hydrogen-bond donors (Lipinski definition) is 1. The number of nitrogens with zero attached hydrogens (tertiary/aromatic N) is 3. The van der Waals surface area contributed by atoms with Gasteiger partial charge in [0, 0.05) is 12.8 Å².